The zero-order valence-corrected chi connectivity index (χ0v) is 10.6. The fourth-order valence-electron chi connectivity index (χ4n) is 2.84. The van der Waals surface area contributed by atoms with Crippen molar-refractivity contribution in [1.82, 2.24) is 4.90 Å². The standard InChI is InChI=1S/C13H23NO3/c1-10-2-4-11(5-3-10)13(16)14-6-7-17-9-12(14)8-15/h10-12,15H,2-9H2,1H3. The van der Waals surface area contributed by atoms with Crippen LogP contribution in [-0.2, 0) is 9.53 Å². The maximum atomic E-state index is 12.4. The van der Waals surface area contributed by atoms with Gasteiger partial charge >= 0.3 is 0 Å². The minimum absolute atomic E-state index is 0.00879. The molecule has 1 amide bonds. The first kappa shape index (κ1) is 12.8. The monoisotopic (exact) mass is 241 g/mol. The van der Waals surface area contributed by atoms with E-state index in [0.29, 0.717) is 19.8 Å². The number of morpholine rings is 1. The van der Waals surface area contributed by atoms with E-state index in [9.17, 15) is 9.90 Å². The quantitative estimate of drug-likeness (QED) is 0.785. The van der Waals surface area contributed by atoms with E-state index in [2.05, 4.69) is 6.92 Å². The summed E-state index contributed by atoms with van der Waals surface area (Å²) in [6, 6.07) is -0.129. The molecule has 0 aromatic heterocycles. The number of ether oxygens (including phenoxy) is 1. The van der Waals surface area contributed by atoms with Gasteiger partial charge in [0.15, 0.2) is 0 Å². The average molecular weight is 241 g/mol. The van der Waals surface area contributed by atoms with E-state index in [-0.39, 0.29) is 24.5 Å². The van der Waals surface area contributed by atoms with Crippen molar-refractivity contribution in [2.75, 3.05) is 26.4 Å². The SMILES string of the molecule is CC1CCC(C(=O)N2CCOCC2CO)CC1. The van der Waals surface area contributed by atoms with Crippen molar-refractivity contribution in [3.8, 4) is 0 Å². The van der Waals surface area contributed by atoms with Crippen molar-refractivity contribution in [2.45, 2.75) is 38.6 Å². The molecule has 0 bridgehead atoms. The third-order valence-corrected chi connectivity index (χ3v) is 4.09. The molecule has 2 fully saturated rings. The van der Waals surface area contributed by atoms with Crippen LogP contribution in [0.2, 0.25) is 0 Å². The summed E-state index contributed by atoms with van der Waals surface area (Å²) in [7, 11) is 0. The molecule has 1 N–H and O–H groups in total. The number of hydrogen-bond acceptors (Lipinski definition) is 3. The predicted octanol–water partition coefficient (Wildman–Crippen LogP) is 1.03. The number of carbonyl (C=O) groups is 1. The van der Waals surface area contributed by atoms with Crippen LogP contribution in [0.3, 0.4) is 0 Å². The summed E-state index contributed by atoms with van der Waals surface area (Å²) in [5.74, 6) is 1.18. The predicted molar refractivity (Wildman–Crippen MR) is 64.5 cm³/mol. The second kappa shape index (κ2) is 5.83. The summed E-state index contributed by atoms with van der Waals surface area (Å²) < 4.78 is 5.30. The van der Waals surface area contributed by atoms with E-state index in [1.54, 1.807) is 0 Å². The maximum absolute atomic E-state index is 12.4. The smallest absolute Gasteiger partial charge is 0.226 e. The van der Waals surface area contributed by atoms with E-state index >= 15 is 0 Å². The Hall–Kier alpha value is -0.610. The molecular weight excluding hydrogens is 218 g/mol. The van der Waals surface area contributed by atoms with Crippen LogP contribution in [0, 0.1) is 11.8 Å². The fourth-order valence-corrected chi connectivity index (χ4v) is 2.84. The van der Waals surface area contributed by atoms with Crippen molar-refractivity contribution in [3.05, 3.63) is 0 Å². The van der Waals surface area contributed by atoms with Crippen LogP contribution in [0.1, 0.15) is 32.6 Å². The summed E-state index contributed by atoms with van der Waals surface area (Å²) in [6.07, 6.45) is 4.33. The summed E-state index contributed by atoms with van der Waals surface area (Å²) >= 11 is 0. The molecule has 0 aromatic rings. The van der Waals surface area contributed by atoms with Crippen molar-refractivity contribution in [2.24, 2.45) is 11.8 Å². The van der Waals surface area contributed by atoms with Gasteiger partial charge in [-0.2, -0.15) is 0 Å². The molecule has 1 unspecified atom stereocenters. The summed E-state index contributed by atoms with van der Waals surface area (Å²) in [6.45, 7) is 3.98. The van der Waals surface area contributed by atoms with Gasteiger partial charge in [0.2, 0.25) is 5.91 Å². The molecule has 0 radical (unpaired) electrons. The Morgan fingerprint density at radius 2 is 2.06 bits per heavy atom. The van der Waals surface area contributed by atoms with E-state index in [1.807, 2.05) is 4.90 Å². The van der Waals surface area contributed by atoms with E-state index < -0.39 is 0 Å². The Bertz CT molecular complexity index is 261. The number of rotatable bonds is 2. The number of amides is 1. The molecule has 2 rings (SSSR count). The average Bonchev–Trinajstić information content (AvgIpc) is 2.39. The second-order valence-corrected chi connectivity index (χ2v) is 5.40. The molecular formula is C13H23NO3. The van der Waals surface area contributed by atoms with Crippen LogP contribution in [0.25, 0.3) is 0 Å². The van der Waals surface area contributed by atoms with E-state index in [4.69, 9.17) is 4.74 Å². The third kappa shape index (κ3) is 2.99. The molecule has 98 valence electrons. The number of aliphatic hydroxyl groups excluding tert-OH is 1. The minimum atomic E-state index is -0.129. The molecule has 1 saturated carbocycles. The lowest BCUT2D eigenvalue weighted by molar-refractivity contribution is -0.147. The zero-order chi connectivity index (χ0) is 12.3. The molecule has 0 spiro atoms. The topological polar surface area (TPSA) is 49.8 Å². The van der Waals surface area contributed by atoms with Crippen LogP contribution in [-0.4, -0.2) is 48.3 Å². The highest BCUT2D eigenvalue weighted by Crippen LogP contribution is 2.30. The molecule has 17 heavy (non-hydrogen) atoms. The van der Waals surface area contributed by atoms with Gasteiger partial charge in [0.1, 0.15) is 0 Å². The first-order chi connectivity index (χ1) is 8.22. The first-order valence-corrected chi connectivity index (χ1v) is 6.71. The lowest BCUT2D eigenvalue weighted by Crippen LogP contribution is -2.52. The maximum Gasteiger partial charge on any atom is 0.226 e. The lowest BCUT2D eigenvalue weighted by Gasteiger charge is -2.38. The van der Waals surface area contributed by atoms with Gasteiger partial charge in [-0.3, -0.25) is 4.79 Å². The highest BCUT2D eigenvalue weighted by molar-refractivity contribution is 5.79. The van der Waals surface area contributed by atoms with E-state index in [0.717, 1.165) is 31.6 Å². The zero-order valence-electron chi connectivity index (χ0n) is 10.6. The Morgan fingerprint density at radius 3 is 2.71 bits per heavy atom. The number of aliphatic hydroxyl groups is 1. The fraction of sp³-hybridized carbons (Fsp3) is 0.923. The van der Waals surface area contributed by atoms with Crippen LogP contribution in [0.4, 0.5) is 0 Å². The molecule has 4 heteroatoms. The van der Waals surface area contributed by atoms with Crippen LogP contribution in [0.15, 0.2) is 0 Å². The van der Waals surface area contributed by atoms with Crippen molar-refractivity contribution >= 4 is 5.91 Å². The van der Waals surface area contributed by atoms with E-state index in [1.165, 1.54) is 0 Å². The van der Waals surface area contributed by atoms with Gasteiger partial charge in [0.25, 0.3) is 0 Å². The molecule has 1 saturated heterocycles. The first-order valence-electron chi connectivity index (χ1n) is 6.71. The van der Waals surface area contributed by atoms with Crippen LogP contribution < -0.4 is 0 Å². The van der Waals surface area contributed by atoms with Gasteiger partial charge in [-0.05, 0) is 31.6 Å². The molecule has 0 aromatic carbocycles. The van der Waals surface area contributed by atoms with Crippen LogP contribution >= 0.6 is 0 Å². The molecule has 1 atom stereocenters. The van der Waals surface area contributed by atoms with Crippen molar-refractivity contribution in [3.63, 3.8) is 0 Å². The molecule has 1 aliphatic heterocycles. The molecule has 1 aliphatic carbocycles. The highest BCUT2D eigenvalue weighted by atomic mass is 16.5. The summed E-state index contributed by atoms with van der Waals surface area (Å²) in [5.41, 5.74) is 0. The largest absolute Gasteiger partial charge is 0.394 e. The third-order valence-electron chi connectivity index (χ3n) is 4.09. The lowest BCUT2D eigenvalue weighted by atomic mass is 9.82. The second-order valence-electron chi connectivity index (χ2n) is 5.40. The molecule has 2 aliphatic rings. The Balaban J connectivity index is 1.93. The van der Waals surface area contributed by atoms with Crippen molar-refractivity contribution < 1.29 is 14.6 Å². The number of hydrogen-bond donors (Lipinski definition) is 1. The van der Waals surface area contributed by atoms with Gasteiger partial charge < -0.3 is 14.7 Å². The number of nitrogens with zero attached hydrogens (tertiary/aromatic N) is 1. The van der Waals surface area contributed by atoms with Crippen molar-refractivity contribution in [1.29, 1.82) is 0 Å². The van der Waals surface area contributed by atoms with Gasteiger partial charge in [-0.15, -0.1) is 0 Å². The van der Waals surface area contributed by atoms with Gasteiger partial charge in [0, 0.05) is 12.5 Å². The van der Waals surface area contributed by atoms with Gasteiger partial charge in [-0.25, -0.2) is 0 Å². The minimum Gasteiger partial charge on any atom is -0.394 e. The number of carbonyl (C=O) groups excluding carboxylic acids is 1. The Kier molecular flexibility index (Phi) is 4.40. The summed E-state index contributed by atoms with van der Waals surface area (Å²) in [5, 5.41) is 9.28. The van der Waals surface area contributed by atoms with Gasteiger partial charge in [-0.1, -0.05) is 6.92 Å². The molecule has 4 nitrogen and oxygen atoms in total. The normalized spacial score (nSPS) is 34.7. The van der Waals surface area contributed by atoms with Gasteiger partial charge in [0.05, 0.1) is 25.9 Å². The summed E-state index contributed by atoms with van der Waals surface area (Å²) in [4.78, 5) is 14.2. The highest BCUT2D eigenvalue weighted by Gasteiger charge is 2.33. The van der Waals surface area contributed by atoms with Crippen LogP contribution in [0.5, 0.6) is 0 Å². The molecule has 1 heterocycles. The Labute approximate surface area is 103 Å². The Morgan fingerprint density at radius 1 is 1.35 bits per heavy atom.